The van der Waals surface area contributed by atoms with Gasteiger partial charge >= 0.3 is 5.97 Å². The van der Waals surface area contributed by atoms with Gasteiger partial charge in [-0.3, -0.25) is 9.59 Å². The van der Waals surface area contributed by atoms with Crippen molar-refractivity contribution in [3.05, 3.63) is 36.5 Å². The summed E-state index contributed by atoms with van der Waals surface area (Å²) in [6.07, 6.45) is 92.5. The molecule has 3 N–H and O–H groups in total. The number of carbonyl (C=O) groups excluding carboxylic acids is 2. The summed E-state index contributed by atoms with van der Waals surface area (Å²) in [5.41, 5.74) is 0. The summed E-state index contributed by atoms with van der Waals surface area (Å²) in [7, 11) is 0. The summed E-state index contributed by atoms with van der Waals surface area (Å²) in [5, 5.41) is 23.2. The van der Waals surface area contributed by atoms with Crippen LogP contribution in [0.4, 0.5) is 0 Å². The van der Waals surface area contributed by atoms with Crippen molar-refractivity contribution in [2.45, 2.75) is 424 Å². The largest absolute Gasteiger partial charge is 0.466 e. The maximum absolute atomic E-state index is 12.5. The Morgan fingerprint density at radius 1 is 0.341 bits per heavy atom. The quantitative estimate of drug-likeness (QED) is 0.0320. The number of hydrogen-bond acceptors (Lipinski definition) is 5. The van der Waals surface area contributed by atoms with Crippen molar-refractivity contribution in [1.29, 1.82) is 0 Å². The molecule has 0 aliphatic carbocycles. The number of rotatable bonds is 70. The van der Waals surface area contributed by atoms with Crippen LogP contribution in [-0.2, 0) is 14.3 Å². The Kier molecular flexibility index (Phi) is 69.9. The van der Waals surface area contributed by atoms with Gasteiger partial charge in [-0.1, -0.05) is 371 Å². The van der Waals surface area contributed by atoms with E-state index in [0.29, 0.717) is 19.4 Å². The smallest absolute Gasteiger partial charge is 0.305 e. The summed E-state index contributed by atoms with van der Waals surface area (Å²) in [6, 6.07) is -0.627. The van der Waals surface area contributed by atoms with Gasteiger partial charge in [0.05, 0.1) is 25.4 Å². The van der Waals surface area contributed by atoms with E-state index in [2.05, 4.69) is 43.5 Å². The molecule has 0 aliphatic rings. The van der Waals surface area contributed by atoms with Crippen LogP contribution in [0.2, 0.25) is 0 Å². The van der Waals surface area contributed by atoms with Crippen LogP contribution in [0.3, 0.4) is 0 Å². The lowest BCUT2D eigenvalue weighted by Crippen LogP contribution is -2.45. The Bertz CT molecular complexity index is 1330. The minimum atomic E-state index is -0.843. The molecule has 0 aromatic carbocycles. The van der Waals surface area contributed by atoms with Gasteiger partial charge in [0.1, 0.15) is 0 Å². The van der Waals surface area contributed by atoms with Gasteiger partial charge < -0.3 is 20.3 Å². The Morgan fingerprint density at radius 3 is 0.927 bits per heavy atom. The van der Waals surface area contributed by atoms with Crippen molar-refractivity contribution in [2.24, 2.45) is 0 Å². The number of allylic oxidation sites excluding steroid dienone is 5. The fourth-order valence-electron chi connectivity index (χ4n) is 11.7. The summed E-state index contributed by atoms with van der Waals surface area (Å²) < 4.78 is 5.48. The van der Waals surface area contributed by atoms with Gasteiger partial charge in [-0.25, -0.2) is 0 Å². The van der Waals surface area contributed by atoms with E-state index >= 15 is 0 Å². The number of amides is 1. The minimum Gasteiger partial charge on any atom is -0.466 e. The molecule has 0 aromatic rings. The zero-order valence-corrected chi connectivity index (χ0v) is 55.5. The van der Waals surface area contributed by atoms with Gasteiger partial charge in [-0.05, 0) is 64.2 Å². The third kappa shape index (κ3) is 67.2. The molecular formula is C76H145NO5. The van der Waals surface area contributed by atoms with Crippen molar-refractivity contribution in [1.82, 2.24) is 5.32 Å². The Labute approximate surface area is 513 Å². The molecule has 6 nitrogen and oxygen atoms in total. The van der Waals surface area contributed by atoms with Gasteiger partial charge in [0.2, 0.25) is 5.91 Å². The maximum atomic E-state index is 12.5. The molecule has 2 atom stereocenters. The second kappa shape index (κ2) is 71.6. The average Bonchev–Trinajstić information content (AvgIpc) is 3.48. The first-order valence-electron chi connectivity index (χ1n) is 37.3. The van der Waals surface area contributed by atoms with Crippen molar-refractivity contribution in [3.63, 3.8) is 0 Å². The number of aliphatic hydroxyl groups is 2. The van der Waals surface area contributed by atoms with Crippen LogP contribution in [-0.4, -0.2) is 47.4 Å². The molecule has 2 unspecified atom stereocenters. The van der Waals surface area contributed by atoms with Gasteiger partial charge in [0, 0.05) is 12.8 Å². The number of unbranched alkanes of at least 4 members (excludes halogenated alkanes) is 55. The Morgan fingerprint density at radius 2 is 0.610 bits per heavy atom. The van der Waals surface area contributed by atoms with Crippen molar-refractivity contribution in [3.8, 4) is 0 Å². The number of aliphatic hydroxyl groups excluding tert-OH is 2. The van der Waals surface area contributed by atoms with E-state index < -0.39 is 12.1 Å². The van der Waals surface area contributed by atoms with Crippen LogP contribution in [0.5, 0.6) is 0 Å². The van der Waals surface area contributed by atoms with Crippen LogP contribution < -0.4 is 5.32 Å². The molecule has 82 heavy (non-hydrogen) atoms. The van der Waals surface area contributed by atoms with Gasteiger partial charge in [0.25, 0.3) is 0 Å². The summed E-state index contributed by atoms with van der Waals surface area (Å²) in [6.45, 7) is 4.94. The molecular weight excluding hydrogens is 1010 g/mol. The summed E-state index contributed by atoms with van der Waals surface area (Å²) in [5.74, 6) is -0.0445. The van der Waals surface area contributed by atoms with Crippen LogP contribution in [0.1, 0.15) is 412 Å². The topological polar surface area (TPSA) is 95.9 Å². The van der Waals surface area contributed by atoms with Crippen molar-refractivity contribution in [2.75, 3.05) is 13.2 Å². The Balaban J connectivity index is 3.39. The lowest BCUT2D eigenvalue weighted by atomic mass is 10.0. The predicted octanol–water partition coefficient (Wildman–Crippen LogP) is 24.3. The zero-order chi connectivity index (χ0) is 59.2. The first-order chi connectivity index (χ1) is 40.5. The van der Waals surface area contributed by atoms with Gasteiger partial charge in [-0.15, -0.1) is 0 Å². The normalized spacial score (nSPS) is 12.7. The molecule has 0 saturated carbocycles. The molecule has 484 valence electrons. The first-order valence-corrected chi connectivity index (χ1v) is 37.3. The summed E-state index contributed by atoms with van der Waals surface area (Å²) in [4.78, 5) is 24.5. The number of carbonyl (C=O) groups is 2. The molecule has 0 fully saturated rings. The van der Waals surface area contributed by atoms with Crippen LogP contribution >= 0.6 is 0 Å². The van der Waals surface area contributed by atoms with E-state index in [-0.39, 0.29) is 18.5 Å². The van der Waals surface area contributed by atoms with Crippen molar-refractivity contribution < 1.29 is 24.5 Å². The van der Waals surface area contributed by atoms with E-state index in [1.54, 1.807) is 6.08 Å². The molecule has 6 heteroatoms. The van der Waals surface area contributed by atoms with E-state index in [1.807, 2.05) is 6.08 Å². The van der Waals surface area contributed by atoms with Gasteiger partial charge in [-0.2, -0.15) is 0 Å². The second-order valence-electron chi connectivity index (χ2n) is 25.6. The first kappa shape index (κ1) is 80.1. The molecule has 1 amide bonds. The molecule has 0 saturated heterocycles. The molecule has 0 spiro atoms. The van der Waals surface area contributed by atoms with Crippen LogP contribution in [0, 0.1) is 0 Å². The fraction of sp³-hybridized carbons (Fsp3) is 0.895. The highest BCUT2D eigenvalue weighted by atomic mass is 16.5. The highest BCUT2D eigenvalue weighted by Crippen LogP contribution is 2.19. The molecule has 0 rings (SSSR count). The van der Waals surface area contributed by atoms with Crippen molar-refractivity contribution >= 4 is 11.9 Å². The van der Waals surface area contributed by atoms with E-state index in [0.717, 1.165) is 44.9 Å². The van der Waals surface area contributed by atoms with Gasteiger partial charge in [0.15, 0.2) is 0 Å². The number of ether oxygens (including phenoxy) is 1. The zero-order valence-electron chi connectivity index (χ0n) is 55.5. The van der Waals surface area contributed by atoms with E-state index in [1.165, 1.54) is 340 Å². The minimum absolute atomic E-state index is 0.0177. The highest BCUT2D eigenvalue weighted by molar-refractivity contribution is 5.76. The van der Waals surface area contributed by atoms with E-state index in [4.69, 9.17) is 4.74 Å². The van der Waals surface area contributed by atoms with E-state index in [9.17, 15) is 19.8 Å². The van der Waals surface area contributed by atoms with Crippen LogP contribution in [0.15, 0.2) is 36.5 Å². The third-order valence-corrected chi connectivity index (χ3v) is 17.4. The lowest BCUT2D eigenvalue weighted by molar-refractivity contribution is -0.143. The molecule has 0 bridgehead atoms. The SMILES string of the molecule is CCCCCCCCCCCCCCCCCC/C=C/C(O)C(CO)NC(=O)CCCCCCCCCCCCCCCCCCC/C=C\C/C=C\CCCCCCCCCCCCCOC(=O)CCCCCCCCCCCCCC. The monoisotopic (exact) mass is 1150 g/mol. The number of hydrogen-bond donors (Lipinski definition) is 3. The standard InChI is InChI=1S/C76H145NO5/c1-3-5-7-9-11-13-15-17-18-19-39-42-45-48-52-56-60-64-68-74(79)73(72-78)77-75(80)69-65-61-57-53-49-46-43-40-37-35-33-31-29-27-25-23-21-20-22-24-26-28-30-32-34-36-38-41-44-47-51-55-59-63-67-71-82-76(81)70-66-62-58-54-50-16-14-12-10-8-6-4-2/h22,24,28,30,64,68,73-74,78-79H,3-21,23,25-27,29,31-63,65-67,69-72H2,1-2H3,(H,77,80)/b24-22-,30-28-,68-64+. The fourth-order valence-corrected chi connectivity index (χ4v) is 11.7. The predicted molar refractivity (Wildman–Crippen MR) is 361 cm³/mol. The maximum Gasteiger partial charge on any atom is 0.305 e. The number of esters is 1. The molecule has 0 aromatic heterocycles. The second-order valence-corrected chi connectivity index (χ2v) is 25.6. The Hall–Kier alpha value is -1.92. The molecule has 0 radical (unpaired) electrons. The van der Waals surface area contributed by atoms with Crippen LogP contribution in [0.25, 0.3) is 0 Å². The number of nitrogens with one attached hydrogen (secondary N) is 1. The summed E-state index contributed by atoms with van der Waals surface area (Å²) >= 11 is 0. The third-order valence-electron chi connectivity index (χ3n) is 17.4. The average molecular weight is 1150 g/mol. The highest BCUT2D eigenvalue weighted by Gasteiger charge is 2.18. The molecule has 0 aliphatic heterocycles. The lowest BCUT2D eigenvalue weighted by Gasteiger charge is -2.20. The molecule has 0 heterocycles.